The molecule has 0 aromatic heterocycles. The number of ether oxygens (including phenoxy) is 1. The van der Waals surface area contributed by atoms with E-state index < -0.39 is 0 Å². The summed E-state index contributed by atoms with van der Waals surface area (Å²) >= 11 is 1.99. The van der Waals surface area contributed by atoms with Crippen LogP contribution in [0.15, 0.2) is 0 Å². The van der Waals surface area contributed by atoms with Gasteiger partial charge in [0.1, 0.15) is 0 Å². The Morgan fingerprint density at radius 3 is 2.60 bits per heavy atom. The summed E-state index contributed by atoms with van der Waals surface area (Å²) in [5.74, 6) is 2.46. The van der Waals surface area contributed by atoms with Gasteiger partial charge in [0, 0.05) is 12.4 Å². The van der Waals surface area contributed by atoms with Gasteiger partial charge < -0.3 is 4.74 Å². The van der Waals surface area contributed by atoms with E-state index in [1.807, 2.05) is 18.7 Å². The summed E-state index contributed by atoms with van der Waals surface area (Å²) in [5.41, 5.74) is 0. The van der Waals surface area contributed by atoms with E-state index in [1.165, 1.54) is 18.6 Å². The Bertz CT molecular complexity index is 49.2. The molecule has 0 heterocycles. The highest BCUT2D eigenvalue weighted by atomic mass is 32.2. The summed E-state index contributed by atoms with van der Waals surface area (Å²) < 4.78 is 5.19. The fraction of sp³-hybridized carbons (Fsp3) is 1.00. The smallest absolute Gasteiger partial charge is 0.0556 e. The minimum Gasteiger partial charge on any atom is -0.381 e. The van der Waals surface area contributed by atoms with E-state index in [0.717, 1.165) is 19.0 Å². The molecule has 0 aromatic rings. The number of rotatable bonds is 7. The van der Waals surface area contributed by atoms with E-state index in [2.05, 4.69) is 6.92 Å². The number of unbranched alkanes of at least 4 members (excludes halogenated alkanes) is 1. The molecule has 0 aliphatic carbocycles. The van der Waals surface area contributed by atoms with Crippen LogP contribution < -0.4 is 0 Å². The molecule has 0 saturated heterocycles. The van der Waals surface area contributed by atoms with Gasteiger partial charge >= 0.3 is 0 Å². The Hall–Kier alpha value is 0.310. The molecule has 0 aliphatic rings. The maximum absolute atomic E-state index is 5.19. The Morgan fingerprint density at radius 1 is 1.20 bits per heavy atom. The largest absolute Gasteiger partial charge is 0.381 e. The third kappa shape index (κ3) is 8.31. The average molecular weight is 162 g/mol. The molecule has 10 heavy (non-hydrogen) atoms. The summed E-state index contributed by atoms with van der Waals surface area (Å²) in [5, 5.41) is 0. The first kappa shape index (κ1) is 10.3. The predicted molar refractivity (Wildman–Crippen MR) is 48.7 cm³/mol. The second-order valence-electron chi connectivity index (χ2n) is 2.16. The van der Waals surface area contributed by atoms with Crippen LogP contribution in [-0.4, -0.2) is 24.7 Å². The molecule has 0 aromatic carbocycles. The molecule has 0 unspecified atom stereocenters. The van der Waals surface area contributed by atoms with E-state index in [1.54, 1.807) is 0 Å². The molecule has 62 valence electrons. The summed E-state index contributed by atoms with van der Waals surface area (Å²) in [6.07, 6.45) is 2.65. The van der Waals surface area contributed by atoms with Crippen LogP contribution in [-0.2, 0) is 4.74 Å². The van der Waals surface area contributed by atoms with Gasteiger partial charge in [0.05, 0.1) is 6.61 Å². The monoisotopic (exact) mass is 162 g/mol. The zero-order chi connectivity index (χ0) is 7.66. The molecule has 2 heteroatoms. The molecular weight excluding hydrogens is 144 g/mol. The molecule has 0 saturated carbocycles. The van der Waals surface area contributed by atoms with Crippen LogP contribution in [0.5, 0.6) is 0 Å². The highest BCUT2D eigenvalue weighted by Crippen LogP contribution is 2.03. The summed E-state index contributed by atoms with van der Waals surface area (Å²) in [6, 6.07) is 0. The zero-order valence-corrected chi connectivity index (χ0v) is 7.88. The van der Waals surface area contributed by atoms with E-state index in [-0.39, 0.29) is 0 Å². The van der Waals surface area contributed by atoms with Crippen LogP contribution in [0, 0.1) is 0 Å². The van der Waals surface area contributed by atoms with Crippen molar-refractivity contribution in [1.29, 1.82) is 0 Å². The van der Waals surface area contributed by atoms with Crippen LogP contribution in [0.25, 0.3) is 0 Å². The molecule has 0 bridgehead atoms. The first-order valence-electron chi connectivity index (χ1n) is 4.07. The maximum Gasteiger partial charge on any atom is 0.0556 e. The third-order valence-electron chi connectivity index (χ3n) is 1.22. The minimum absolute atomic E-state index is 0.855. The molecule has 0 fully saturated rings. The molecule has 0 N–H and O–H groups in total. The van der Waals surface area contributed by atoms with Gasteiger partial charge in [-0.05, 0) is 19.1 Å². The van der Waals surface area contributed by atoms with Crippen LogP contribution in [0.2, 0.25) is 0 Å². The van der Waals surface area contributed by atoms with E-state index in [4.69, 9.17) is 4.74 Å². The first-order chi connectivity index (χ1) is 4.91. The molecule has 0 rings (SSSR count). The van der Waals surface area contributed by atoms with Crippen LogP contribution >= 0.6 is 11.8 Å². The van der Waals surface area contributed by atoms with Gasteiger partial charge in [-0.2, -0.15) is 11.8 Å². The lowest BCUT2D eigenvalue weighted by atomic mass is 10.4. The fourth-order valence-corrected chi connectivity index (χ4v) is 1.54. The minimum atomic E-state index is 0.855. The normalized spacial score (nSPS) is 10.2. The lowest BCUT2D eigenvalue weighted by Gasteiger charge is -1.99. The fourth-order valence-electron chi connectivity index (χ4n) is 0.611. The second kappa shape index (κ2) is 9.31. The van der Waals surface area contributed by atoms with Gasteiger partial charge in [0.25, 0.3) is 0 Å². The summed E-state index contributed by atoms with van der Waals surface area (Å²) in [4.78, 5) is 0. The van der Waals surface area contributed by atoms with E-state index in [0.29, 0.717) is 0 Å². The molecular formula is C8H18OS. The Labute approximate surface area is 68.5 Å². The van der Waals surface area contributed by atoms with Crippen molar-refractivity contribution >= 4 is 11.8 Å². The highest BCUT2D eigenvalue weighted by molar-refractivity contribution is 7.99. The standard InChI is InChI=1S/C8H18OS/c1-3-5-7-10-8-6-9-4-2/h3-8H2,1-2H3. The third-order valence-corrected chi connectivity index (χ3v) is 2.25. The van der Waals surface area contributed by atoms with Crippen molar-refractivity contribution in [2.45, 2.75) is 26.7 Å². The molecule has 0 radical (unpaired) electrons. The van der Waals surface area contributed by atoms with Gasteiger partial charge in [-0.1, -0.05) is 13.3 Å². The Morgan fingerprint density at radius 2 is 2.00 bits per heavy atom. The van der Waals surface area contributed by atoms with Crippen molar-refractivity contribution in [2.24, 2.45) is 0 Å². The van der Waals surface area contributed by atoms with Crippen molar-refractivity contribution in [3.05, 3.63) is 0 Å². The van der Waals surface area contributed by atoms with Crippen molar-refractivity contribution in [3.8, 4) is 0 Å². The van der Waals surface area contributed by atoms with E-state index >= 15 is 0 Å². The number of hydrogen-bond acceptors (Lipinski definition) is 2. The molecule has 0 amide bonds. The summed E-state index contributed by atoms with van der Waals surface area (Å²) in [6.45, 7) is 6.04. The second-order valence-corrected chi connectivity index (χ2v) is 3.39. The van der Waals surface area contributed by atoms with Gasteiger partial charge in [0.15, 0.2) is 0 Å². The van der Waals surface area contributed by atoms with Crippen molar-refractivity contribution in [2.75, 3.05) is 24.7 Å². The lowest BCUT2D eigenvalue weighted by Crippen LogP contribution is -1.96. The molecule has 1 nitrogen and oxygen atoms in total. The van der Waals surface area contributed by atoms with Crippen LogP contribution in [0.4, 0.5) is 0 Å². The van der Waals surface area contributed by atoms with Gasteiger partial charge in [-0.15, -0.1) is 0 Å². The quantitative estimate of drug-likeness (QED) is 0.532. The Balaban J connectivity index is 2.65. The predicted octanol–water partition coefficient (Wildman–Crippen LogP) is 2.56. The lowest BCUT2D eigenvalue weighted by molar-refractivity contribution is 0.164. The average Bonchev–Trinajstić information content (AvgIpc) is 1.97. The summed E-state index contributed by atoms with van der Waals surface area (Å²) in [7, 11) is 0. The number of thioether (sulfide) groups is 1. The van der Waals surface area contributed by atoms with Gasteiger partial charge in [0.2, 0.25) is 0 Å². The van der Waals surface area contributed by atoms with Crippen molar-refractivity contribution in [3.63, 3.8) is 0 Å². The van der Waals surface area contributed by atoms with E-state index in [9.17, 15) is 0 Å². The first-order valence-corrected chi connectivity index (χ1v) is 5.22. The zero-order valence-electron chi connectivity index (χ0n) is 7.06. The number of hydrogen-bond donors (Lipinski definition) is 0. The van der Waals surface area contributed by atoms with Crippen LogP contribution in [0.1, 0.15) is 26.7 Å². The topological polar surface area (TPSA) is 9.23 Å². The maximum atomic E-state index is 5.19. The van der Waals surface area contributed by atoms with Crippen LogP contribution in [0.3, 0.4) is 0 Å². The van der Waals surface area contributed by atoms with Crippen molar-refractivity contribution < 1.29 is 4.74 Å². The van der Waals surface area contributed by atoms with Gasteiger partial charge in [-0.25, -0.2) is 0 Å². The molecule has 0 atom stereocenters. The highest BCUT2D eigenvalue weighted by Gasteiger charge is 1.87. The van der Waals surface area contributed by atoms with Crippen molar-refractivity contribution in [1.82, 2.24) is 0 Å². The SMILES string of the molecule is CCCCSCCOCC. The molecule has 0 aliphatic heterocycles. The van der Waals surface area contributed by atoms with Gasteiger partial charge in [-0.3, -0.25) is 0 Å². The molecule has 0 spiro atoms. The Kier molecular flexibility index (Phi) is 9.60.